The van der Waals surface area contributed by atoms with E-state index in [1.807, 2.05) is 30.3 Å². The Bertz CT molecular complexity index is 1850. The molecule has 1 saturated heterocycles. The van der Waals surface area contributed by atoms with Crippen LogP contribution in [0.25, 0.3) is 39.3 Å². The standard InChI is InChI=1S/C28H24FN5O4S/c1-17-31-32-27(38-17)20-5-3-4-18(14-20)25-23-11-6-19(26(35)30-28(2)12-13-39(36,37)16-28)15-24(23)34(33-25)22-9-7-21(29)8-10-22/h3-11,14-15H,12-13,16H2,1-2H3,(H,30,35). The largest absolute Gasteiger partial charge is 0.421 e. The van der Waals surface area contributed by atoms with Gasteiger partial charge in [0.05, 0.1) is 28.2 Å². The number of aromatic nitrogens is 4. The van der Waals surface area contributed by atoms with E-state index in [1.165, 1.54) is 12.1 Å². The van der Waals surface area contributed by atoms with Crippen molar-refractivity contribution in [3.8, 4) is 28.4 Å². The molecule has 0 bridgehead atoms. The Balaban J connectivity index is 1.45. The number of sulfone groups is 1. The van der Waals surface area contributed by atoms with Crippen LogP contribution in [0.1, 0.15) is 29.6 Å². The van der Waals surface area contributed by atoms with E-state index in [-0.39, 0.29) is 23.2 Å². The Labute approximate surface area is 223 Å². The predicted octanol–water partition coefficient (Wildman–Crippen LogP) is 4.50. The maximum Gasteiger partial charge on any atom is 0.251 e. The van der Waals surface area contributed by atoms with Crippen LogP contribution in [-0.2, 0) is 9.84 Å². The summed E-state index contributed by atoms with van der Waals surface area (Å²) in [7, 11) is -3.19. The molecule has 0 saturated carbocycles. The molecule has 1 unspecified atom stereocenters. The van der Waals surface area contributed by atoms with E-state index in [0.717, 1.165) is 16.5 Å². The van der Waals surface area contributed by atoms with Crippen molar-refractivity contribution in [2.24, 2.45) is 0 Å². The summed E-state index contributed by atoms with van der Waals surface area (Å²) in [5, 5.41) is 16.5. The molecular weight excluding hydrogens is 521 g/mol. The van der Waals surface area contributed by atoms with E-state index in [2.05, 4.69) is 15.5 Å². The van der Waals surface area contributed by atoms with E-state index >= 15 is 0 Å². The molecule has 11 heteroatoms. The highest BCUT2D eigenvalue weighted by molar-refractivity contribution is 7.91. The van der Waals surface area contributed by atoms with Crippen molar-refractivity contribution in [3.63, 3.8) is 0 Å². The van der Waals surface area contributed by atoms with Crippen molar-refractivity contribution < 1.29 is 22.0 Å². The number of nitrogens with zero attached hydrogens (tertiary/aromatic N) is 4. The number of carbonyl (C=O) groups excluding carboxylic acids is 1. The zero-order valence-electron chi connectivity index (χ0n) is 21.2. The van der Waals surface area contributed by atoms with Crippen LogP contribution in [0.2, 0.25) is 0 Å². The summed E-state index contributed by atoms with van der Waals surface area (Å²) >= 11 is 0. The van der Waals surface area contributed by atoms with Gasteiger partial charge in [0.25, 0.3) is 5.91 Å². The van der Waals surface area contributed by atoms with Crippen LogP contribution in [0.15, 0.2) is 71.1 Å². The second-order valence-corrected chi connectivity index (χ2v) is 12.2. The number of rotatable bonds is 5. The minimum atomic E-state index is -3.19. The molecule has 1 N–H and O–H groups in total. The first-order valence-corrected chi connectivity index (χ1v) is 14.1. The smallest absolute Gasteiger partial charge is 0.251 e. The van der Waals surface area contributed by atoms with Crippen LogP contribution < -0.4 is 5.32 Å². The quantitative estimate of drug-likeness (QED) is 0.345. The topological polar surface area (TPSA) is 120 Å². The lowest BCUT2D eigenvalue weighted by atomic mass is 10.0. The van der Waals surface area contributed by atoms with Gasteiger partial charge in [0.1, 0.15) is 11.5 Å². The monoisotopic (exact) mass is 545 g/mol. The fourth-order valence-corrected chi connectivity index (χ4v) is 7.01. The minimum Gasteiger partial charge on any atom is -0.421 e. The molecule has 2 aromatic heterocycles. The van der Waals surface area contributed by atoms with E-state index < -0.39 is 15.4 Å². The average Bonchev–Trinajstić information content (AvgIpc) is 3.59. The van der Waals surface area contributed by atoms with Crippen molar-refractivity contribution >= 4 is 26.6 Å². The van der Waals surface area contributed by atoms with E-state index in [0.29, 0.717) is 40.7 Å². The van der Waals surface area contributed by atoms with Gasteiger partial charge < -0.3 is 9.73 Å². The average molecular weight is 546 g/mol. The minimum absolute atomic E-state index is 0.0474. The van der Waals surface area contributed by atoms with E-state index in [1.54, 1.807) is 42.8 Å². The molecule has 3 aromatic carbocycles. The Morgan fingerprint density at radius 3 is 2.51 bits per heavy atom. The Morgan fingerprint density at radius 1 is 1.05 bits per heavy atom. The highest BCUT2D eigenvalue weighted by atomic mass is 32.2. The van der Waals surface area contributed by atoms with Crippen LogP contribution in [0.4, 0.5) is 4.39 Å². The van der Waals surface area contributed by atoms with Crippen LogP contribution in [0.3, 0.4) is 0 Å². The van der Waals surface area contributed by atoms with Crippen molar-refractivity contribution in [2.45, 2.75) is 25.8 Å². The third kappa shape index (κ3) is 4.81. The van der Waals surface area contributed by atoms with Gasteiger partial charge in [0, 0.05) is 29.0 Å². The normalized spacial score (nSPS) is 18.4. The Hall–Kier alpha value is -4.38. The van der Waals surface area contributed by atoms with Gasteiger partial charge in [-0.25, -0.2) is 17.5 Å². The Morgan fingerprint density at radius 2 is 1.82 bits per heavy atom. The van der Waals surface area contributed by atoms with Crippen LogP contribution >= 0.6 is 0 Å². The lowest BCUT2D eigenvalue weighted by Crippen LogP contribution is -2.46. The first-order valence-electron chi connectivity index (χ1n) is 12.3. The van der Waals surface area contributed by atoms with Gasteiger partial charge in [-0.2, -0.15) is 5.10 Å². The maximum absolute atomic E-state index is 13.7. The number of aryl methyl sites for hydroxylation is 1. The number of amides is 1. The SMILES string of the molecule is Cc1nnc(-c2cccc(-c3nn(-c4ccc(F)cc4)c4cc(C(=O)NC5(C)CCS(=O)(=O)C5)ccc34)c2)o1. The predicted molar refractivity (Wildman–Crippen MR) is 144 cm³/mol. The summed E-state index contributed by atoms with van der Waals surface area (Å²) in [6.45, 7) is 3.46. The summed E-state index contributed by atoms with van der Waals surface area (Å²) in [4.78, 5) is 13.2. The van der Waals surface area contributed by atoms with Gasteiger partial charge in [0.2, 0.25) is 11.8 Å². The zero-order chi connectivity index (χ0) is 27.4. The van der Waals surface area contributed by atoms with Crippen molar-refractivity contribution in [1.29, 1.82) is 0 Å². The molecule has 5 aromatic rings. The van der Waals surface area contributed by atoms with Crippen molar-refractivity contribution in [3.05, 3.63) is 84.0 Å². The van der Waals surface area contributed by atoms with E-state index in [4.69, 9.17) is 9.52 Å². The molecule has 1 atom stereocenters. The number of fused-ring (bicyclic) bond motifs is 1. The molecule has 1 aliphatic heterocycles. The summed E-state index contributed by atoms with van der Waals surface area (Å²) in [6, 6.07) is 18.7. The van der Waals surface area contributed by atoms with Crippen LogP contribution in [0.5, 0.6) is 0 Å². The highest BCUT2D eigenvalue weighted by Crippen LogP contribution is 2.33. The fraction of sp³-hybridized carbons (Fsp3) is 0.214. The first-order chi connectivity index (χ1) is 18.6. The molecule has 1 amide bonds. The molecule has 1 fully saturated rings. The number of halogens is 1. The zero-order valence-corrected chi connectivity index (χ0v) is 22.0. The number of nitrogens with one attached hydrogen (secondary N) is 1. The van der Waals surface area contributed by atoms with Gasteiger partial charge in [0.15, 0.2) is 9.84 Å². The molecule has 198 valence electrons. The summed E-state index contributed by atoms with van der Waals surface area (Å²) in [6.07, 6.45) is 0.358. The molecule has 9 nitrogen and oxygen atoms in total. The van der Waals surface area contributed by atoms with Gasteiger partial charge >= 0.3 is 0 Å². The van der Waals surface area contributed by atoms with Gasteiger partial charge in [-0.15, -0.1) is 10.2 Å². The van der Waals surface area contributed by atoms with E-state index in [9.17, 15) is 17.6 Å². The molecule has 3 heterocycles. The van der Waals surface area contributed by atoms with Gasteiger partial charge in [-0.05, 0) is 67.9 Å². The third-order valence-corrected chi connectivity index (χ3v) is 8.75. The van der Waals surface area contributed by atoms with Crippen LogP contribution in [-0.4, -0.2) is 51.3 Å². The lowest BCUT2D eigenvalue weighted by molar-refractivity contribution is 0.0915. The Kier molecular flexibility index (Phi) is 5.83. The lowest BCUT2D eigenvalue weighted by Gasteiger charge is -2.23. The molecule has 0 radical (unpaired) electrons. The molecular formula is C28H24FN5O4S. The van der Waals surface area contributed by atoms with Gasteiger partial charge in [-0.1, -0.05) is 12.1 Å². The molecule has 0 aliphatic carbocycles. The molecule has 6 rings (SSSR count). The number of carbonyl (C=O) groups is 1. The second kappa shape index (κ2) is 9.12. The van der Waals surface area contributed by atoms with Gasteiger partial charge in [-0.3, -0.25) is 4.79 Å². The molecule has 1 aliphatic rings. The highest BCUT2D eigenvalue weighted by Gasteiger charge is 2.39. The fourth-order valence-electron chi connectivity index (χ4n) is 4.92. The third-order valence-electron chi connectivity index (χ3n) is 6.84. The summed E-state index contributed by atoms with van der Waals surface area (Å²) in [5.41, 5.74) is 2.94. The van der Waals surface area contributed by atoms with Crippen molar-refractivity contribution in [1.82, 2.24) is 25.3 Å². The van der Waals surface area contributed by atoms with Crippen molar-refractivity contribution in [2.75, 3.05) is 11.5 Å². The number of hydrogen-bond acceptors (Lipinski definition) is 7. The number of hydrogen-bond donors (Lipinski definition) is 1. The summed E-state index contributed by atoms with van der Waals surface area (Å²) in [5.74, 6) is 0.0404. The van der Waals surface area contributed by atoms with Crippen LogP contribution in [0, 0.1) is 12.7 Å². The maximum atomic E-state index is 13.7. The molecule has 39 heavy (non-hydrogen) atoms. The second-order valence-electron chi connectivity index (χ2n) is 10.0. The molecule has 0 spiro atoms. The summed E-state index contributed by atoms with van der Waals surface area (Å²) < 4.78 is 45.0. The first kappa shape index (κ1) is 24.9. The number of benzene rings is 3.